The molecule has 0 aliphatic rings. The topological polar surface area (TPSA) is 48.4 Å². The number of ether oxygens (including phenoxy) is 1. The van der Waals surface area contributed by atoms with Crippen molar-refractivity contribution >= 4 is 26.0 Å². The molecule has 0 bridgehead atoms. The largest absolute Gasteiger partial charge is 0.417 e. The summed E-state index contributed by atoms with van der Waals surface area (Å²) in [5.41, 5.74) is 0. The highest BCUT2D eigenvalue weighted by molar-refractivity contribution is 7.99. The number of thioether (sulfide) groups is 1. The molecule has 0 aromatic carbocycles. The van der Waals surface area contributed by atoms with Crippen LogP contribution in [0, 0.1) is 0 Å². The lowest BCUT2D eigenvalue weighted by Crippen LogP contribution is -2.41. The summed E-state index contributed by atoms with van der Waals surface area (Å²) >= 11 is 1.53. The number of aromatic nitrogens is 1. The average Bonchev–Trinajstić information content (AvgIpc) is 2.50. The van der Waals surface area contributed by atoms with Gasteiger partial charge in [-0.3, -0.25) is 4.79 Å². The summed E-state index contributed by atoms with van der Waals surface area (Å²) in [7, 11) is -1.67. The molecule has 24 heavy (non-hydrogen) atoms. The van der Waals surface area contributed by atoms with Gasteiger partial charge in [-0.15, -0.1) is 0 Å². The highest BCUT2D eigenvalue weighted by Crippen LogP contribution is 2.36. The molecule has 1 aromatic rings. The Labute approximate surface area is 151 Å². The van der Waals surface area contributed by atoms with Gasteiger partial charge in [0.2, 0.25) is 5.88 Å². The Kier molecular flexibility index (Phi) is 8.46. The number of carbonyl (C=O) groups excluding carboxylic acids is 1. The van der Waals surface area contributed by atoms with Crippen molar-refractivity contribution in [2.45, 2.75) is 63.4 Å². The van der Waals surface area contributed by atoms with E-state index in [1.165, 1.54) is 11.8 Å². The molecule has 0 saturated heterocycles. The fourth-order valence-corrected chi connectivity index (χ4v) is 3.61. The molecule has 0 amide bonds. The summed E-state index contributed by atoms with van der Waals surface area (Å²) in [4.78, 5) is 16.2. The molecule has 1 rings (SSSR count). The van der Waals surface area contributed by atoms with Gasteiger partial charge in [-0.05, 0) is 49.7 Å². The van der Waals surface area contributed by atoms with Crippen LogP contribution in [-0.2, 0) is 9.22 Å². The zero-order valence-corrected chi connectivity index (χ0v) is 17.6. The van der Waals surface area contributed by atoms with Crippen LogP contribution in [0.5, 0.6) is 5.88 Å². The normalized spacial score (nSPS) is 13.6. The highest BCUT2D eigenvalue weighted by Gasteiger charge is 2.36. The van der Waals surface area contributed by atoms with E-state index in [2.05, 4.69) is 38.8 Å². The van der Waals surface area contributed by atoms with Crippen molar-refractivity contribution in [2.24, 2.45) is 0 Å². The molecule has 1 atom stereocenters. The molecule has 6 heteroatoms. The fourth-order valence-electron chi connectivity index (χ4n) is 1.88. The molecule has 4 nitrogen and oxygen atoms in total. The average molecular weight is 370 g/mol. The minimum atomic E-state index is -1.67. The Morgan fingerprint density at radius 3 is 2.54 bits per heavy atom. The van der Waals surface area contributed by atoms with E-state index in [0.717, 1.165) is 25.9 Å². The predicted molar refractivity (Wildman–Crippen MR) is 104 cm³/mol. The molecule has 136 valence electrons. The van der Waals surface area contributed by atoms with Crippen LogP contribution < -0.4 is 4.74 Å². The SMILES string of the molecule is CSC(CCCCO[Si](C)(C)C(C)(C)C)C(=O)Oc1ccccn1. The van der Waals surface area contributed by atoms with Gasteiger partial charge < -0.3 is 9.16 Å². The van der Waals surface area contributed by atoms with E-state index < -0.39 is 8.32 Å². The third-order valence-corrected chi connectivity index (χ3v) is 10.1. The van der Waals surface area contributed by atoms with Crippen molar-refractivity contribution in [1.82, 2.24) is 4.98 Å². The first-order chi connectivity index (χ1) is 11.2. The number of hydrogen-bond acceptors (Lipinski definition) is 5. The Balaban J connectivity index is 2.33. The number of unbranched alkanes of at least 4 members (excludes halogenated alkanes) is 1. The zero-order valence-electron chi connectivity index (χ0n) is 15.8. The first-order valence-electron chi connectivity index (χ1n) is 8.47. The molecule has 1 heterocycles. The van der Waals surface area contributed by atoms with Crippen LogP contribution in [0.2, 0.25) is 18.1 Å². The molecule has 0 aliphatic carbocycles. The maximum Gasteiger partial charge on any atom is 0.325 e. The molecule has 0 aliphatic heterocycles. The molecule has 0 radical (unpaired) electrons. The number of nitrogens with zero attached hydrogens (tertiary/aromatic N) is 1. The second-order valence-corrected chi connectivity index (χ2v) is 13.3. The first-order valence-corrected chi connectivity index (χ1v) is 12.7. The number of rotatable bonds is 9. The second-order valence-electron chi connectivity index (χ2n) is 7.42. The Bertz CT molecular complexity index is 503. The molecule has 0 fully saturated rings. The van der Waals surface area contributed by atoms with Crippen LogP contribution >= 0.6 is 11.8 Å². The molecule has 0 saturated carbocycles. The third-order valence-electron chi connectivity index (χ3n) is 4.52. The summed E-state index contributed by atoms with van der Waals surface area (Å²) in [6.45, 7) is 12.0. The molecular formula is C18H31NO3SSi. The monoisotopic (exact) mass is 369 g/mol. The van der Waals surface area contributed by atoms with E-state index in [9.17, 15) is 4.79 Å². The van der Waals surface area contributed by atoms with Gasteiger partial charge in [0.05, 0.1) is 0 Å². The van der Waals surface area contributed by atoms with Crippen LogP contribution in [0.3, 0.4) is 0 Å². The maximum atomic E-state index is 12.2. The molecule has 0 N–H and O–H groups in total. The van der Waals surface area contributed by atoms with Gasteiger partial charge >= 0.3 is 5.97 Å². The van der Waals surface area contributed by atoms with Crippen LogP contribution in [-0.4, -0.2) is 37.4 Å². The predicted octanol–water partition coefficient (Wildman–Crippen LogP) is 4.91. The van der Waals surface area contributed by atoms with E-state index >= 15 is 0 Å². The van der Waals surface area contributed by atoms with Crippen LogP contribution in [0.4, 0.5) is 0 Å². The van der Waals surface area contributed by atoms with Gasteiger partial charge in [-0.25, -0.2) is 4.98 Å². The number of carbonyl (C=O) groups is 1. The minimum Gasteiger partial charge on any atom is -0.417 e. The number of hydrogen-bond donors (Lipinski definition) is 0. The maximum absolute atomic E-state index is 12.2. The van der Waals surface area contributed by atoms with Gasteiger partial charge in [-0.1, -0.05) is 26.8 Å². The zero-order chi connectivity index (χ0) is 18.2. The highest BCUT2D eigenvalue weighted by atomic mass is 32.2. The Morgan fingerprint density at radius 1 is 1.29 bits per heavy atom. The minimum absolute atomic E-state index is 0.153. The lowest BCUT2D eigenvalue weighted by atomic mass is 10.2. The van der Waals surface area contributed by atoms with Crippen molar-refractivity contribution in [1.29, 1.82) is 0 Å². The lowest BCUT2D eigenvalue weighted by Gasteiger charge is -2.36. The van der Waals surface area contributed by atoms with Crippen molar-refractivity contribution < 1.29 is 14.0 Å². The lowest BCUT2D eigenvalue weighted by molar-refractivity contribution is -0.134. The fraction of sp³-hybridized carbons (Fsp3) is 0.667. The van der Waals surface area contributed by atoms with Crippen molar-refractivity contribution in [3.63, 3.8) is 0 Å². The molecule has 1 unspecified atom stereocenters. The standard InChI is InChI=1S/C18H31NO3SSi/c1-18(2,3)24(5,6)21-14-10-8-11-15(23-4)17(20)22-16-12-7-9-13-19-16/h7,9,12-13,15H,8,10-11,14H2,1-6H3. The quantitative estimate of drug-likeness (QED) is 0.351. The van der Waals surface area contributed by atoms with E-state index in [0.29, 0.717) is 5.88 Å². The van der Waals surface area contributed by atoms with Crippen molar-refractivity contribution in [3.8, 4) is 5.88 Å². The summed E-state index contributed by atoms with van der Waals surface area (Å²) in [6, 6.07) is 5.30. The summed E-state index contributed by atoms with van der Waals surface area (Å²) in [6.07, 6.45) is 6.29. The van der Waals surface area contributed by atoms with Crippen LogP contribution in [0.25, 0.3) is 0 Å². The van der Waals surface area contributed by atoms with Gasteiger partial charge in [0.25, 0.3) is 0 Å². The van der Waals surface area contributed by atoms with E-state index in [-0.39, 0.29) is 16.3 Å². The molecule has 0 spiro atoms. The number of pyridine rings is 1. The van der Waals surface area contributed by atoms with Gasteiger partial charge in [-0.2, -0.15) is 11.8 Å². The van der Waals surface area contributed by atoms with E-state index in [1.807, 2.05) is 12.3 Å². The summed E-state index contributed by atoms with van der Waals surface area (Å²) in [5, 5.41) is 0.0845. The third kappa shape index (κ3) is 6.95. The van der Waals surface area contributed by atoms with Crippen molar-refractivity contribution in [3.05, 3.63) is 24.4 Å². The Hall–Kier alpha value is -0.853. The summed E-state index contributed by atoms with van der Waals surface area (Å²) in [5.74, 6) is 0.148. The molecule has 1 aromatic heterocycles. The Morgan fingerprint density at radius 2 is 2.00 bits per heavy atom. The smallest absolute Gasteiger partial charge is 0.325 e. The van der Waals surface area contributed by atoms with E-state index in [1.54, 1.807) is 18.3 Å². The van der Waals surface area contributed by atoms with Crippen LogP contribution in [0.1, 0.15) is 40.0 Å². The molecular weight excluding hydrogens is 338 g/mol. The first kappa shape index (κ1) is 21.2. The second kappa shape index (κ2) is 9.58. The summed E-state index contributed by atoms with van der Waals surface area (Å²) < 4.78 is 11.5. The van der Waals surface area contributed by atoms with Crippen LogP contribution in [0.15, 0.2) is 24.4 Å². The van der Waals surface area contributed by atoms with Gasteiger partial charge in [0.1, 0.15) is 5.25 Å². The van der Waals surface area contributed by atoms with E-state index in [4.69, 9.17) is 9.16 Å². The van der Waals surface area contributed by atoms with Gasteiger partial charge in [0.15, 0.2) is 8.32 Å². The van der Waals surface area contributed by atoms with Gasteiger partial charge in [0, 0.05) is 18.9 Å². The van der Waals surface area contributed by atoms with Crippen molar-refractivity contribution in [2.75, 3.05) is 12.9 Å². The number of esters is 1.